The van der Waals surface area contributed by atoms with E-state index in [0.29, 0.717) is 11.5 Å². The zero-order valence-electron chi connectivity index (χ0n) is 14.1. The monoisotopic (exact) mass is 325 g/mol. The lowest BCUT2D eigenvalue weighted by atomic mass is 9.92. The summed E-state index contributed by atoms with van der Waals surface area (Å²) in [6, 6.07) is 6.02. The van der Waals surface area contributed by atoms with Crippen LogP contribution in [0.15, 0.2) is 18.3 Å². The van der Waals surface area contributed by atoms with E-state index in [-0.39, 0.29) is 18.2 Å². The van der Waals surface area contributed by atoms with Crippen LogP contribution in [0.1, 0.15) is 45.2 Å². The maximum atomic E-state index is 10.1. The highest BCUT2D eigenvalue weighted by atomic mass is 16.3. The van der Waals surface area contributed by atoms with Crippen molar-refractivity contribution in [3.05, 3.63) is 24.0 Å². The summed E-state index contributed by atoms with van der Waals surface area (Å²) in [6.07, 6.45) is 5.40. The van der Waals surface area contributed by atoms with Gasteiger partial charge >= 0.3 is 0 Å². The lowest BCUT2D eigenvalue weighted by Gasteiger charge is -2.28. The van der Waals surface area contributed by atoms with Gasteiger partial charge in [-0.3, -0.25) is 0 Å². The summed E-state index contributed by atoms with van der Waals surface area (Å²) < 4.78 is 0. The summed E-state index contributed by atoms with van der Waals surface area (Å²) >= 11 is 0. The van der Waals surface area contributed by atoms with Crippen molar-refractivity contribution in [3.8, 4) is 6.07 Å². The molecule has 2 unspecified atom stereocenters. The van der Waals surface area contributed by atoms with E-state index in [4.69, 9.17) is 5.26 Å². The van der Waals surface area contributed by atoms with Crippen molar-refractivity contribution in [2.24, 2.45) is 0 Å². The number of anilines is 2. The highest BCUT2D eigenvalue weighted by Crippen LogP contribution is 2.27. The van der Waals surface area contributed by atoms with Crippen molar-refractivity contribution in [2.75, 3.05) is 10.6 Å². The number of nitriles is 1. The predicted octanol–water partition coefficient (Wildman–Crippen LogP) is 3.04. The number of pyridine rings is 2. The van der Waals surface area contributed by atoms with Gasteiger partial charge in [0.25, 0.3) is 0 Å². The molecule has 2 aromatic rings. The summed E-state index contributed by atoms with van der Waals surface area (Å²) in [4.78, 5) is 8.83. The van der Waals surface area contributed by atoms with Gasteiger partial charge in [-0.15, -0.1) is 0 Å². The van der Waals surface area contributed by atoms with Crippen molar-refractivity contribution in [1.29, 1.82) is 5.26 Å². The fraction of sp³-hybridized carbons (Fsp3) is 0.500. The van der Waals surface area contributed by atoms with E-state index in [9.17, 15) is 5.11 Å². The average molecular weight is 325 g/mol. The first kappa shape index (κ1) is 16.5. The molecule has 6 heteroatoms. The van der Waals surface area contributed by atoms with E-state index in [1.54, 1.807) is 12.3 Å². The van der Waals surface area contributed by atoms with Crippen LogP contribution in [0.3, 0.4) is 0 Å². The third-order valence-corrected chi connectivity index (χ3v) is 4.32. The molecule has 2 heterocycles. The van der Waals surface area contributed by atoms with Crippen LogP contribution in [0.5, 0.6) is 0 Å². The molecule has 2 aromatic heterocycles. The van der Waals surface area contributed by atoms with Crippen molar-refractivity contribution in [3.63, 3.8) is 0 Å². The Morgan fingerprint density at radius 2 is 2.08 bits per heavy atom. The van der Waals surface area contributed by atoms with E-state index in [2.05, 4.69) is 26.7 Å². The SMILES string of the molecule is CC(C)Nc1nc(C#N)cc2cnc(NC3CCCCC3O)cc12. The standard InChI is InChI=1S/C18H23N5O/c1-11(2)21-18-14-8-17(23-15-5-3-4-6-16(15)24)20-10-12(14)7-13(9-19)22-18/h7-8,10-11,15-16,24H,3-6H2,1-2H3,(H,20,23)(H,21,22). The van der Waals surface area contributed by atoms with Gasteiger partial charge < -0.3 is 15.7 Å². The van der Waals surface area contributed by atoms with Gasteiger partial charge in [0.05, 0.1) is 12.1 Å². The van der Waals surface area contributed by atoms with E-state index in [0.717, 1.165) is 42.3 Å². The molecule has 0 saturated heterocycles. The summed E-state index contributed by atoms with van der Waals surface area (Å²) in [5.74, 6) is 1.42. The predicted molar refractivity (Wildman–Crippen MR) is 94.9 cm³/mol. The summed E-state index contributed by atoms with van der Waals surface area (Å²) in [7, 11) is 0. The van der Waals surface area contributed by atoms with Crippen LogP contribution in [-0.4, -0.2) is 33.3 Å². The van der Waals surface area contributed by atoms with Crippen molar-refractivity contribution >= 4 is 22.4 Å². The third kappa shape index (κ3) is 3.57. The maximum absolute atomic E-state index is 10.1. The van der Waals surface area contributed by atoms with Crippen LogP contribution in [-0.2, 0) is 0 Å². The molecular weight excluding hydrogens is 302 g/mol. The molecule has 3 rings (SSSR count). The minimum atomic E-state index is -0.330. The number of aliphatic hydroxyl groups excluding tert-OH is 1. The molecule has 0 aromatic carbocycles. The van der Waals surface area contributed by atoms with Crippen LogP contribution >= 0.6 is 0 Å². The molecule has 126 valence electrons. The Morgan fingerprint density at radius 1 is 1.29 bits per heavy atom. The molecule has 2 atom stereocenters. The molecule has 3 N–H and O–H groups in total. The van der Waals surface area contributed by atoms with Gasteiger partial charge in [0.2, 0.25) is 0 Å². The molecular formula is C18H23N5O. The molecule has 0 amide bonds. The topological polar surface area (TPSA) is 93.9 Å². The Balaban J connectivity index is 1.95. The normalized spacial score (nSPS) is 20.8. The molecule has 0 radical (unpaired) electrons. The number of aliphatic hydroxyl groups is 1. The molecule has 1 aliphatic carbocycles. The van der Waals surface area contributed by atoms with Crippen LogP contribution in [0, 0.1) is 11.3 Å². The first-order valence-electron chi connectivity index (χ1n) is 8.49. The van der Waals surface area contributed by atoms with Gasteiger partial charge in [0.15, 0.2) is 0 Å². The Kier molecular flexibility index (Phi) is 4.81. The van der Waals surface area contributed by atoms with Gasteiger partial charge in [-0.1, -0.05) is 12.8 Å². The van der Waals surface area contributed by atoms with E-state index in [1.807, 2.05) is 19.9 Å². The minimum absolute atomic E-state index is 0.0385. The number of hydrogen-bond acceptors (Lipinski definition) is 6. The average Bonchev–Trinajstić information content (AvgIpc) is 2.56. The highest BCUT2D eigenvalue weighted by Gasteiger charge is 2.23. The van der Waals surface area contributed by atoms with Crippen molar-refractivity contribution in [2.45, 2.75) is 57.7 Å². The van der Waals surface area contributed by atoms with Crippen LogP contribution in [0.4, 0.5) is 11.6 Å². The second-order valence-electron chi connectivity index (χ2n) is 6.66. The van der Waals surface area contributed by atoms with Crippen molar-refractivity contribution < 1.29 is 5.11 Å². The lowest BCUT2D eigenvalue weighted by Crippen LogP contribution is -2.36. The summed E-state index contributed by atoms with van der Waals surface area (Å²) in [5, 5.41) is 27.7. The quantitative estimate of drug-likeness (QED) is 0.800. The number of rotatable bonds is 4. The first-order chi connectivity index (χ1) is 11.6. The Bertz CT molecular complexity index is 768. The molecule has 1 aliphatic rings. The first-order valence-corrected chi connectivity index (χ1v) is 8.49. The Hall–Kier alpha value is -2.39. The van der Waals surface area contributed by atoms with E-state index >= 15 is 0 Å². The number of aromatic nitrogens is 2. The zero-order chi connectivity index (χ0) is 17.1. The summed E-state index contributed by atoms with van der Waals surface area (Å²) in [5.41, 5.74) is 0.371. The van der Waals surface area contributed by atoms with Crippen LogP contribution < -0.4 is 10.6 Å². The summed E-state index contributed by atoms with van der Waals surface area (Å²) in [6.45, 7) is 4.07. The Morgan fingerprint density at radius 3 is 2.79 bits per heavy atom. The minimum Gasteiger partial charge on any atom is -0.391 e. The molecule has 0 bridgehead atoms. The largest absolute Gasteiger partial charge is 0.391 e. The number of nitrogens with zero attached hydrogens (tertiary/aromatic N) is 3. The number of nitrogens with one attached hydrogen (secondary N) is 2. The fourth-order valence-corrected chi connectivity index (χ4v) is 3.14. The van der Waals surface area contributed by atoms with Crippen LogP contribution in [0.2, 0.25) is 0 Å². The maximum Gasteiger partial charge on any atom is 0.143 e. The molecule has 1 saturated carbocycles. The van der Waals surface area contributed by atoms with Gasteiger partial charge in [-0.25, -0.2) is 9.97 Å². The molecule has 6 nitrogen and oxygen atoms in total. The smallest absolute Gasteiger partial charge is 0.143 e. The van der Waals surface area contributed by atoms with Gasteiger partial charge in [0.1, 0.15) is 23.4 Å². The second kappa shape index (κ2) is 7.02. The molecule has 0 aliphatic heterocycles. The second-order valence-corrected chi connectivity index (χ2v) is 6.66. The van der Waals surface area contributed by atoms with Gasteiger partial charge in [-0.2, -0.15) is 5.26 Å². The Labute approximate surface area is 141 Å². The van der Waals surface area contributed by atoms with Gasteiger partial charge in [0, 0.05) is 23.0 Å². The number of hydrogen-bond donors (Lipinski definition) is 3. The molecule has 0 spiro atoms. The van der Waals surface area contributed by atoms with E-state index in [1.165, 1.54) is 0 Å². The molecule has 24 heavy (non-hydrogen) atoms. The third-order valence-electron chi connectivity index (χ3n) is 4.32. The zero-order valence-corrected chi connectivity index (χ0v) is 14.1. The number of fused-ring (bicyclic) bond motifs is 1. The van der Waals surface area contributed by atoms with Crippen molar-refractivity contribution in [1.82, 2.24) is 9.97 Å². The molecule has 1 fully saturated rings. The lowest BCUT2D eigenvalue weighted by molar-refractivity contribution is 0.116. The highest BCUT2D eigenvalue weighted by molar-refractivity contribution is 5.93. The fourth-order valence-electron chi connectivity index (χ4n) is 3.14. The van der Waals surface area contributed by atoms with Gasteiger partial charge in [-0.05, 0) is 38.8 Å². The van der Waals surface area contributed by atoms with E-state index < -0.39 is 0 Å². The van der Waals surface area contributed by atoms with Crippen LogP contribution in [0.25, 0.3) is 10.8 Å².